The van der Waals surface area contributed by atoms with Crippen LogP contribution in [-0.4, -0.2) is 35.6 Å². The van der Waals surface area contributed by atoms with Crippen molar-refractivity contribution in [2.45, 2.75) is 39.3 Å². The highest BCUT2D eigenvalue weighted by molar-refractivity contribution is 7.09. The average Bonchev–Trinajstić information content (AvgIpc) is 2.70. The Morgan fingerprint density at radius 3 is 2.94 bits per heavy atom. The Morgan fingerprint density at radius 1 is 1.50 bits per heavy atom. The van der Waals surface area contributed by atoms with Gasteiger partial charge in [0.15, 0.2) is 0 Å². The summed E-state index contributed by atoms with van der Waals surface area (Å²) < 4.78 is 0. The zero-order valence-electron chi connectivity index (χ0n) is 11.0. The fourth-order valence-corrected chi connectivity index (χ4v) is 2.97. The Balaban J connectivity index is 0.00000144. The van der Waals surface area contributed by atoms with E-state index in [2.05, 4.69) is 34.4 Å². The first kappa shape index (κ1) is 18.1. The molecule has 0 spiro atoms. The van der Waals surface area contributed by atoms with Gasteiger partial charge in [0.2, 0.25) is 0 Å². The molecule has 0 aromatic carbocycles. The number of aromatic nitrogens is 1. The Labute approximate surface area is 126 Å². The number of piperazine rings is 1. The number of aryl methyl sites for hydroxylation is 1. The Morgan fingerprint density at radius 2 is 2.28 bits per heavy atom. The van der Waals surface area contributed by atoms with Crippen molar-refractivity contribution in [2.24, 2.45) is 0 Å². The summed E-state index contributed by atoms with van der Waals surface area (Å²) >= 11 is 1.81. The molecule has 1 saturated heterocycles. The normalized spacial score (nSPS) is 20.0. The van der Waals surface area contributed by atoms with Crippen molar-refractivity contribution in [1.29, 1.82) is 0 Å². The number of thiazole rings is 1. The molecule has 2 heterocycles. The molecule has 1 aliphatic heterocycles. The number of halogens is 2. The maximum Gasteiger partial charge on any atom is 0.0928 e. The lowest BCUT2D eigenvalue weighted by molar-refractivity contribution is 0.164. The van der Waals surface area contributed by atoms with Crippen LogP contribution in [0.5, 0.6) is 0 Å². The minimum atomic E-state index is 0. The number of nitrogens with one attached hydrogen (secondary N) is 1. The summed E-state index contributed by atoms with van der Waals surface area (Å²) in [7, 11) is 0. The summed E-state index contributed by atoms with van der Waals surface area (Å²) in [6.45, 7) is 8.86. The third-order valence-corrected chi connectivity index (χ3v) is 4.02. The van der Waals surface area contributed by atoms with Gasteiger partial charge in [-0.15, -0.1) is 36.2 Å². The van der Waals surface area contributed by atoms with Gasteiger partial charge in [-0.25, -0.2) is 4.98 Å². The van der Waals surface area contributed by atoms with Gasteiger partial charge in [0.1, 0.15) is 0 Å². The molecular formula is C12H23Cl2N3S. The highest BCUT2D eigenvalue weighted by Crippen LogP contribution is 2.15. The molecule has 1 atom stereocenters. The zero-order valence-corrected chi connectivity index (χ0v) is 13.5. The van der Waals surface area contributed by atoms with E-state index in [9.17, 15) is 0 Å². The van der Waals surface area contributed by atoms with E-state index in [0.29, 0.717) is 6.04 Å². The zero-order chi connectivity index (χ0) is 11.4. The lowest BCUT2D eigenvalue weighted by atomic mass is 10.2. The average molecular weight is 312 g/mol. The molecule has 1 fully saturated rings. The number of hydrogen-bond donors (Lipinski definition) is 1. The molecule has 18 heavy (non-hydrogen) atoms. The van der Waals surface area contributed by atoms with Gasteiger partial charge >= 0.3 is 0 Å². The third kappa shape index (κ3) is 5.02. The van der Waals surface area contributed by atoms with Crippen LogP contribution in [0.15, 0.2) is 5.38 Å². The molecule has 1 aromatic heterocycles. The molecular weight excluding hydrogens is 289 g/mol. The van der Waals surface area contributed by atoms with E-state index in [1.807, 2.05) is 11.3 Å². The van der Waals surface area contributed by atoms with E-state index in [1.54, 1.807) is 0 Å². The topological polar surface area (TPSA) is 28.2 Å². The van der Waals surface area contributed by atoms with Gasteiger partial charge in [0.25, 0.3) is 0 Å². The van der Waals surface area contributed by atoms with Gasteiger partial charge in [-0.05, 0) is 19.8 Å². The first-order chi connectivity index (χ1) is 7.79. The van der Waals surface area contributed by atoms with E-state index in [1.165, 1.54) is 17.1 Å². The number of nitrogens with zero attached hydrogens (tertiary/aromatic N) is 2. The quantitative estimate of drug-likeness (QED) is 0.926. The van der Waals surface area contributed by atoms with Gasteiger partial charge in [-0.2, -0.15) is 0 Å². The first-order valence-electron chi connectivity index (χ1n) is 6.17. The van der Waals surface area contributed by atoms with Gasteiger partial charge in [-0.3, -0.25) is 4.90 Å². The fraction of sp³-hybridized carbons (Fsp3) is 0.750. The predicted octanol–water partition coefficient (Wildman–Crippen LogP) is 2.73. The monoisotopic (exact) mass is 311 g/mol. The number of rotatable bonds is 4. The van der Waals surface area contributed by atoms with Crippen LogP contribution in [0.2, 0.25) is 0 Å². The molecule has 0 amide bonds. The molecule has 3 nitrogen and oxygen atoms in total. The molecule has 1 aromatic rings. The maximum atomic E-state index is 4.68. The molecule has 0 saturated carbocycles. The summed E-state index contributed by atoms with van der Waals surface area (Å²) in [6, 6.07) is 0.630. The van der Waals surface area contributed by atoms with E-state index in [-0.39, 0.29) is 24.8 Å². The minimum absolute atomic E-state index is 0. The lowest BCUT2D eigenvalue weighted by Crippen LogP contribution is -2.49. The van der Waals surface area contributed by atoms with E-state index >= 15 is 0 Å². The van der Waals surface area contributed by atoms with Crippen LogP contribution in [0.4, 0.5) is 0 Å². The molecule has 106 valence electrons. The van der Waals surface area contributed by atoms with Crippen LogP contribution < -0.4 is 5.32 Å². The number of hydrogen-bond acceptors (Lipinski definition) is 4. The molecule has 0 bridgehead atoms. The fourth-order valence-electron chi connectivity index (χ4n) is 2.08. The first-order valence-corrected chi connectivity index (χ1v) is 7.05. The predicted molar refractivity (Wildman–Crippen MR) is 83.3 cm³/mol. The van der Waals surface area contributed by atoms with E-state index in [4.69, 9.17) is 0 Å². The van der Waals surface area contributed by atoms with E-state index < -0.39 is 0 Å². The minimum Gasteiger partial charge on any atom is -0.314 e. The van der Waals surface area contributed by atoms with Crippen LogP contribution in [0, 0.1) is 0 Å². The van der Waals surface area contributed by atoms with Crippen LogP contribution in [-0.2, 0) is 13.0 Å². The SMILES string of the molecule is CCCc1nc(CN2CCNC[C@@H]2C)cs1.Cl.Cl. The van der Waals surface area contributed by atoms with Crippen molar-refractivity contribution in [3.8, 4) is 0 Å². The van der Waals surface area contributed by atoms with Gasteiger partial charge in [0.05, 0.1) is 10.7 Å². The highest BCUT2D eigenvalue weighted by atomic mass is 35.5. The van der Waals surface area contributed by atoms with Crippen LogP contribution in [0.1, 0.15) is 31.0 Å². The smallest absolute Gasteiger partial charge is 0.0928 e. The lowest BCUT2D eigenvalue weighted by Gasteiger charge is -2.33. The largest absolute Gasteiger partial charge is 0.314 e. The van der Waals surface area contributed by atoms with Crippen molar-refractivity contribution >= 4 is 36.2 Å². The van der Waals surface area contributed by atoms with Crippen molar-refractivity contribution in [3.05, 3.63) is 16.1 Å². The van der Waals surface area contributed by atoms with Gasteiger partial charge in [-0.1, -0.05) is 6.92 Å². The third-order valence-electron chi connectivity index (χ3n) is 3.07. The van der Waals surface area contributed by atoms with Gasteiger partial charge < -0.3 is 5.32 Å². The summed E-state index contributed by atoms with van der Waals surface area (Å²) in [5.41, 5.74) is 1.25. The summed E-state index contributed by atoms with van der Waals surface area (Å²) in [6.07, 6.45) is 2.32. The summed E-state index contributed by atoms with van der Waals surface area (Å²) in [5, 5.41) is 6.93. The molecule has 2 rings (SSSR count). The molecule has 6 heteroatoms. The van der Waals surface area contributed by atoms with Gasteiger partial charge in [0, 0.05) is 37.6 Å². The van der Waals surface area contributed by atoms with Crippen molar-refractivity contribution in [1.82, 2.24) is 15.2 Å². The van der Waals surface area contributed by atoms with Crippen LogP contribution in [0.25, 0.3) is 0 Å². The molecule has 1 aliphatic rings. The van der Waals surface area contributed by atoms with Crippen molar-refractivity contribution in [3.63, 3.8) is 0 Å². The second-order valence-corrected chi connectivity index (χ2v) is 5.45. The Kier molecular flexibility index (Phi) is 9.17. The molecule has 0 aliphatic carbocycles. The standard InChI is InChI=1S/C12H21N3S.2ClH/c1-3-4-12-14-11(9-16-12)8-15-6-5-13-7-10(15)2;;/h9-10,13H,3-8H2,1-2H3;2*1H/t10-;;/m0../s1. The molecule has 0 radical (unpaired) electrons. The summed E-state index contributed by atoms with van der Waals surface area (Å²) in [4.78, 5) is 7.20. The molecule has 1 N–H and O–H groups in total. The maximum absolute atomic E-state index is 4.68. The van der Waals surface area contributed by atoms with Crippen molar-refractivity contribution < 1.29 is 0 Å². The highest BCUT2D eigenvalue weighted by Gasteiger charge is 2.18. The van der Waals surface area contributed by atoms with E-state index in [0.717, 1.165) is 32.6 Å². The second kappa shape index (κ2) is 9.10. The van der Waals surface area contributed by atoms with Crippen LogP contribution in [0.3, 0.4) is 0 Å². The van der Waals surface area contributed by atoms with Crippen molar-refractivity contribution in [2.75, 3.05) is 19.6 Å². The Bertz CT molecular complexity index is 333. The Hall–Kier alpha value is 0.130. The molecule has 0 unspecified atom stereocenters. The summed E-state index contributed by atoms with van der Waals surface area (Å²) in [5.74, 6) is 0. The van der Waals surface area contributed by atoms with Crippen LogP contribution >= 0.6 is 36.2 Å². The second-order valence-electron chi connectivity index (χ2n) is 4.51.